The molecule has 0 aromatic heterocycles. The molecule has 10 atom stereocenters. The summed E-state index contributed by atoms with van der Waals surface area (Å²) in [5.41, 5.74) is 1.33. The van der Waals surface area contributed by atoms with E-state index in [2.05, 4.69) is 41.5 Å². The lowest BCUT2D eigenvalue weighted by Crippen LogP contribution is -2.55. The zero-order valence-corrected chi connectivity index (χ0v) is 18.7. The van der Waals surface area contributed by atoms with Crippen LogP contribution in [0.5, 0.6) is 0 Å². The van der Waals surface area contributed by atoms with Gasteiger partial charge in [-0.05, 0) is 110 Å². The van der Waals surface area contributed by atoms with Crippen LogP contribution in [0.1, 0.15) is 106 Å². The average Bonchev–Trinajstić information content (AvgIpc) is 2.91. The fourth-order valence-corrected chi connectivity index (χ4v) is 9.99. The molecule has 0 aromatic carbocycles. The Balaban J connectivity index is 1.59. The minimum atomic E-state index is 0.661. The van der Waals surface area contributed by atoms with E-state index in [1.807, 2.05) is 0 Å². The minimum Gasteiger partial charge on any atom is -0.0654 e. The lowest BCUT2D eigenvalue weighted by molar-refractivity contribution is -0.136. The van der Waals surface area contributed by atoms with Gasteiger partial charge in [-0.2, -0.15) is 0 Å². The molecule has 0 aliphatic heterocycles. The quantitative estimate of drug-likeness (QED) is 0.480. The Morgan fingerprint density at radius 3 is 2.31 bits per heavy atom. The van der Waals surface area contributed by atoms with Gasteiger partial charge in [-0.25, -0.2) is 0 Å². The largest absolute Gasteiger partial charge is 0.0654 e. The number of hydrogen-bond acceptors (Lipinski definition) is 0. The Hall–Kier alpha value is 0. The zero-order valence-electron chi connectivity index (χ0n) is 18.7. The van der Waals surface area contributed by atoms with Gasteiger partial charge in [0.2, 0.25) is 0 Å². The van der Waals surface area contributed by atoms with E-state index in [9.17, 15) is 0 Å². The SMILES string of the molecule is CCC[C@@H](C)[C@H]1CC[C@H]2[C@@H]3CC[C@H]4C(C)CC(C)C[C@]4(C)[C@H]3CC[C@]12C. The van der Waals surface area contributed by atoms with Crippen molar-refractivity contribution in [1.29, 1.82) is 0 Å². The van der Waals surface area contributed by atoms with Crippen LogP contribution in [0.2, 0.25) is 0 Å². The molecule has 0 nitrogen and oxygen atoms in total. The average molecular weight is 359 g/mol. The third kappa shape index (κ3) is 2.75. The predicted molar refractivity (Wildman–Crippen MR) is 113 cm³/mol. The molecule has 4 fully saturated rings. The van der Waals surface area contributed by atoms with Gasteiger partial charge in [-0.1, -0.05) is 54.4 Å². The Kier molecular flexibility index (Phi) is 5.06. The lowest BCUT2D eigenvalue weighted by Gasteiger charge is -2.62. The molecule has 4 saturated carbocycles. The van der Waals surface area contributed by atoms with Crippen molar-refractivity contribution in [1.82, 2.24) is 0 Å². The summed E-state index contributed by atoms with van der Waals surface area (Å²) in [4.78, 5) is 0. The van der Waals surface area contributed by atoms with Gasteiger partial charge in [0.1, 0.15) is 0 Å². The van der Waals surface area contributed by atoms with Gasteiger partial charge in [0, 0.05) is 0 Å². The van der Waals surface area contributed by atoms with Crippen LogP contribution in [-0.4, -0.2) is 0 Å². The molecule has 4 rings (SSSR count). The second-order valence-corrected chi connectivity index (χ2v) is 12.1. The van der Waals surface area contributed by atoms with Gasteiger partial charge in [-0.15, -0.1) is 0 Å². The van der Waals surface area contributed by atoms with Crippen LogP contribution in [0.15, 0.2) is 0 Å². The highest BCUT2D eigenvalue weighted by molar-refractivity contribution is 5.10. The van der Waals surface area contributed by atoms with Crippen molar-refractivity contribution in [3.05, 3.63) is 0 Å². The molecule has 0 radical (unpaired) electrons. The van der Waals surface area contributed by atoms with Crippen LogP contribution >= 0.6 is 0 Å². The van der Waals surface area contributed by atoms with E-state index < -0.39 is 0 Å². The van der Waals surface area contributed by atoms with Crippen LogP contribution in [0.25, 0.3) is 0 Å². The third-order valence-corrected chi connectivity index (χ3v) is 10.7. The van der Waals surface area contributed by atoms with Crippen molar-refractivity contribution < 1.29 is 0 Å². The first-order chi connectivity index (χ1) is 12.3. The molecule has 4 aliphatic carbocycles. The van der Waals surface area contributed by atoms with E-state index in [4.69, 9.17) is 0 Å². The first-order valence-corrected chi connectivity index (χ1v) is 12.3. The molecule has 0 bridgehead atoms. The van der Waals surface area contributed by atoms with Gasteiger partial charge < -0.3 is 0 Å². The molecule has 0 aromatic rings. The molecule has 0 heterocycles. The molecular formula is C26H46. The number of hydrogen-bond donors (Lipinski definition) is 0. The maximum atomic E-state index is 2.75. The highest BCUT2D eigenvalue weighted by atomic mass is 14.7. The van der Waals surface area contributed by atoms with E-state index in [1.54, 1.807) is 38.5 Å². The maximum absolute atomic E-state index is 2.75. The van der Waals surface area contributed by atoms with Crippen molar-refractivity contribution in [2.75, 3.05) is 0 Å². The van der Waals surface area contributed by atoms with Crippen molar-refractivity contribution in [3.8, 4) is 0 Å². The molecule has 0 N–H and O–H groups in total. The van der Waals surface area contributed by atoms with E-state index in [0.29, 0.717) is 10.8 Å². The summed E-state index contributed by atoms with van der Waals surface area (Å²) in [6.07, 6.45) is 15.2. The van der Waals surface area contributed by atoms with Crippen LogP contribution in [0.3, 0.4) is 0 Å². The van der Waals surface area contributed by atoms with Crippen LogP contribution in [-0.2, 0) is 0 Å². The standard InChI is InChI=1S/C26H46/c1-7-8-18(3)21-11-12-23-20-9-10-22-19(4)15-17(2)16-26(22,6)24(20)13-14-25(21,23)5/h17-24H,7-16H2,1-6H3/t17?,18-,19?,20+,21-,22+,23+,24+,25-,26+/m1/s1. The number of fused-ring (bicyclic) bond motifs is 5. The van der Waals surface area contributed by atoms with E-state index >= 15 is 0 Å². The Morgan fingerprint density at radius 2 is 1.58 bits per heavy atom. The molecule has 2 unspecified atom stereocenters. The molecule has 0 heteroatoms. The number of rotatable bonds is 3. The first kappa shape index (κ1) is 19.3. The highest BCUT2D eigenvalue weighted by Crippen LogP contribution is 2.69. The van der Waals surface area contributed by atoms with E-state index in [1.165, 1.54) is 25.7 Å². The van der Waals surface area contributed by atoms with Gasteiger partial charge in [0.15, 0.2) is 0 Å². The third-order valence-electron chi connectivity index (χ3n) is 10.7. The predicted octanol–water partition coefficient (Wildman–Crippen LogP) is 7.96. The van der Waals surface area contributed by atoms with E-state index in [0.717, 1.165) is 47.3 Å². The van der Waals surface area contributed by atoms with Gasteiger partial charge in [0.05, 0.1) is 0 Å². The summed E-state index contributed by atoms with van der Waals surface area (Å²) in [6.45, 7) is 15.6. The van der Waals surface area contributed by atoms with Crippen LogP contribution < -0.4 is 0 Å². The van der Waals surface area contributed by atoms with Crippen molar-refractivity contribution in [3.63, 3.8) is 0 Å². The summed E-state index contributed by atoms with van der Waals surface area (Å²) in [5.74, 6) is 8.09. The molecule has 4 aliphatic rings. The summed E-state index contributed by atoms with van der Waals surface area (Å²) in [6, 6.07) is 0. The Morgan fingerprint density at radius 1 is 0.885 bits per heavy atom. The molecule has 26 heavy (non-hydrogen) atoms. The maximum Gasteiger partial charge on any atom is -0.0261 e. The van der Waals surface area contributed by atoms with Gasteiger partial charge in [0.25, 0.3) is 0 Å². The normalized spacial score (nSPS) is 54.9. The molecular weight excluding hydrogens is 312 g/mol. The Labute approximate surface area is 164 Å². The molecule has 0 amide bonds. The van der Waals surface area contributed by atoms with Gasteiger partial charge in [-0.3, -0.25) is 0 Å². The summed E-state index contributed by atoms with van der Waals surface area (Å²) in [7, 11) is 0. The smallest absolute Gasteiger partial charge is 0.0261 e. The van der Waals surface area contributed by atoms with Gasteiger partial charge >= 0.3 is 0 Å². The Bertz CT molecular complexity index is 508. The van der Waals surface area contributed by atoms with Crippen molar-refractivity contribution in [2.24, 2.45) is 58.2 Å². The fraction of sp³-hybridized carbons (Fsp3) is 1.00. The second kappa shape index (κ2) is 6.81. The highest BCUT2D eigenvalue weighted by Gasteiger charge is 2.61. The lowest BCUT2D eigenvalue weighted by atomic mass is 9.42. The first-order valence-electron chi connectivity index (χ1n) is 12.3. The summed E-state index contributed by atoms with van der Waals surface area (Å²) >= 11 is 0. The van der Waals surface area contributed by atoms with E-state index in [-0.39, 0.29) is 0 Å². The zero-order chi connectivity index (χ0) is 18.7. The molecule has 150 valence electrons. The fourth-order valence-electron chi connectivity index (χ4n) is 9.99. The summed E-state index contributed by atoms with van der Waals surface area (Å²) in [5, 5.41) is 0. The van der Waals surface area contributed by atoms with Crippen LogP contribution in [0, 0.1) is 58.2 Å². The monoisotopic (exact) mass is 358 g/mol. The molecule has 0 saturated heterocycles. The second-order valence-electron chi connectivity index (χ2n) is 12.1. The van der Waals surface area contributed by atoms with Crippen LogP contribution in [0.4, 0.5) is 0 Å². The minimum absolute atomic E-state index is 0.661. The van der Waals surface area contributed by atoms with Crippen molar-refractivity contribution >= 4 is 0 Å². The molecule has 0 spiro atoms. The van der Waals surface area contributed by atoms with Crippen molar-refractivity contribution in [2.45, 2.75) is 106 Å². The summed E-state index contributed by atoms with van der Waals surface area (Å²) < 4.78 is 0. The topological polar surface area (TPSA) is 0 Å².